The van der Waals surface area contributed by atoms with Crippen LogP contribution in [-0.4, -0.2) is 0 Å². The zero-order chi connectivity index (χ0) is 14.7. The highest BCUT2D eigenvalue weighted by molar-refractivity contribution is 9.10. The van der Waals surface area contributed by atoms with Crippen LogP contribution in [0.2, 0.25) is 5.02 Å². The van der Waals surface area contributed by atoms with Crippen molar-refractivity contribution in [3.05, 3.63) is 63.1 Å². The number of nitrogens with one attached hydrogen (secondary N) is 1. The van der Waals surface area contributed by atoms with Crippen molar-refractivity contribution in [2.75, 3.05) is 5.32 Å². The van der Waals surface area contributed by atoms with Crippen LogP contribution in [-0.2, 0) is 0 Å². The lowest BCUT2D eigenvalue weighted by Gasteiger charge is -2.18. The first-order chi connectivity index (χ1) is 9.49. The molecule has 0 fully saturated rings. The predicted molar refractivity (Wildman–Crippen MR) is 91.7 cm³/mol. The van der Waals surface area contributed by atoms with Gasteiger partial charge in [-0.05, 0) is 52.0 Å². The Morgan fingerprint density at radius 1 is 0.950 bits per heavy atom. The first-order valence-corrected chi connectivity index (χ1v) is 7.96. The van der Waals surface area contributed by atoms with Crippen LogP contribution in [0.4, 0.5) is 5.69 Å². The largest absolute Gasteiger partial charge is 0.378 e. The Morgan fingerprint density at radius 3 is 2.15 bits per heavy atom. The van der Waals surface area contributed by atoms with Crippen molar-refractivity contribution >= 4 is 33.2 Å². The molecule has 1 unspecified atom stereocenters. The molecular formula is C17H19BrClN. The second kappa shape index (κ2) is 6.64. The first kappa shape index (κ1) is 15.4. The molecule has 0 heterocycles. The molecule has 0 aromatic heterocycles. The maximum absolute atomic E-state index is 6.11. The van der Waals surface area contributed by atoms with Gasteiger partial charge in [0.05, 0.1) is 15.2 Å². The van der Waals surface area contributed by atoms with E-state index >= 15 is 0 Å². The van der Waals surface area contributed by atoms with Gasteiger partial charge in [0.15, 0.2) is 0 Å². The van der Waals surface area contributed by atoms with Crippen LogP contribution in [0.15, 0.2) is 46.9 Å². The fourth-order valence-corrected chi connectivity index (χ4v) is 2.65. The average molecular weight is 353 g/mol. The minimum absolute atomic E-state index is 0.228. The Labute approximate surface area is 134 Å². The molecule has 2 aromatic carbocycles. The van der Waals surface area contributed by atoms with E-state index in [0.29, 0.717) is 5.92 Å². The third-order valence-electron chi connectivity index (χ3n) is 3.43. The van der Waals surface area contributed by atoms with Gasteiger partial charge in [-0.3, -0.25) is 0 Å². The van der Waals surface area contributed by atoms with Crippen molar-refractivity contribution < 1.29 is 0 Å². The van der Waals surface area contributed by atoms with Gasteiger partial charge in [-0.15, -0.1) is 0 Å². The number of benzene rings is 2. The summed E-state index contributed by atoms with van der Waals surface area (Å²) in [6.07, 6.45) is 0. The third kappa shape index (κ3) is 3.56. The number of rotatable bonds is 4. The molecule has 2 aromatic rings. The molecule has 0 aliphatic carbocycles. The van der Waals surface area contributed by atoms with E-state index in [2.05, 4.69) is 66.3 Å². The van der Waals surface area contributed by atoms with Crippen molar-refractivity contribution in [2.45, 2.75) is 32.7 Å². The standard InChI is InChI=1S/C17H19BrClN/c1-11(2)13-7-9-14(10-8-13)12(3)20-16-6-4-5-15(19)17(16)18/h4-12,20H,1-3H3. The lowest BCUT2D eigenvalue weighted by atomic mass is 9.99. The minimum Gasteiger partial charge on any atom is -0.378 e. The molecule has 0 bridgehead atoms. The van der Waals surface area contributed by atoms with Gasteiger partial charge in [0.1, 0.15) is 0 Å². The van der Waals surface area contributed by atoms with Crippen molar-refractivity contribution in [2.24, 2.45) is 0 Å². The molecular weight excluding hydrogens is 334 g/mol. The zero-order valence-corrected chi connectivity index (χ0v) is 14.3. The average Bonchev–Trinajstić information content (AvgIpc) is 2.44. The molecule has 1 atom stereocenters. The second-order valence-electron chi connectivity index (χ2n) is 5.29. The van der Waals surface area contributed by atoms with Gasteiger partial charge >= 0.3 is 0 Å². The highest BCUT2D eigenvalue weighted by Gasteiger charge is 2.09. The summed E-state index contributed by atoms with van der Waals surface area (Å²) in [5.74, 6) is 0.564. The van der Waals surface area contributed by atoms with Gasteiger partial charge in [-0.2, -0.15) is 0 Å². The number of anilines is 1. The number of halogens is 2. The zero-order valence-electron chi connectivity index (χ0n) is 12.0. The second-order valence-corrected chi connectivity index (χ2v) is 6.49. The van der Waals surface area contributed by atoms with Gasteiger partial charge in [0.25, 0.3) is 0 Å². The summed E-state index contributed by atoms with van der Waals surface area (Å²) in [4.78, 5) is 0. The predicted octanol–water partition coefficient (Wildman–Crippen LogP) is 6.40. The summed E-state index contributed by atoms with van der Waals surface area (Å²) in [5.41, 5.74) is 3.64. The van der Waals surface area contributed by atoms with Gasteiger partial charge in [0.2, 0.25) is 0 Å². The molecule has 20 heavy (non-hydrogen) atoms. The van der Waals surface area contributed by atoms with Crippen LogP contribution in [0.1, 0.15) is 43.9 Å². The Morgan fingerprint density at radius 2 is 1.55 bits per heavy atom. The summed E-state index contributed by atoms with van der Waals surface area (Å²) in [6, 6.07) is 14.8. The summed E-state index contributed by atoms with van der Waals surface area (Å²) >= 11 is 9.63. The Bertz CT molecular complexity index is 578. The number of hydrogen-bond donors (Lipinski definition) is 1. The molecule has 0 saturated heterocycles. The SMILES string of the molecule is CC(C)c1ccc(C(C)Nc2cccc(Cl)c2Br)cc1. The molecule has 0 amide bonds. The smallest absolute Gasteiger partial charge is 0.0593 e. The van der Waals surface area contributed by atoms with E-state index in [1.807, 2.05) is 18.2 Å². The van der Waals surface area contributed by atoms with E-state index in [9.17, 15) is 0 Å². The summed E-state index contributed by atoms with van der Waals surface area (Å²) in [5, 5.41) is 4.20. The van der Waals surface area contributed by atoms with Crippen LogP contribution < -0.4 is 5.32 Å². The fourth-order valence-electron chi connectivity index (χ4n) is 2.10. The molecule has 106 valence electrons. The maximum atomic E-state index is 6.11. The lowest BCUT2D eigenvalue weighted by molar-refractivity contribution is 0.852. The molecule has 0 saturated carbocycles. The Kier molecular flexibility index (Phi) is 5.11. The summed E-state index contributed by atoms with van der Waals surface area (Å²) in [7, 11) is 0. The molecule has 1 nitrogen and oxygen atoms in total. The lowest BCUT2D eigenvalue weighted by Crippen LogP contribution is -2.07. The van der Waals surface area contributed by atoms with E-state index in [4.69, 9.17) is 11.6 Å². The summed E-state index contributed by atoms with van der Waals surface area (Å²) < 4.78 is 0.910. The van der Waals surface area contributed by atoms with Crippen molar-refractivity contribution in [1.82, 2.24) is 0 Å². The van der Waals surface area contributed by atoms with E-state index in [0.717, 1.165) is 15.2 Å². The third-order valence-corrected chi connectivity index (χ3v) is 4.82. The van der Waals surface area contributed by atoms with Gasteiger partial charge in [-0.1, -0.05) is 55.8 Å². The highest BCUT2D eigenvalue weighted by Crippen LogP contribution is 2.32. The van der Waals surface area contributed by atoms with Crippen LogP contribution >= 0.6 is 27.5 Å². The summed E-state index contributed by atoms with van der Waals surface area (Å²) in [6.45, 7) is 6.57. The van der Waals surface area contributed by atoms with Gasteiger partial charge < -0.3 is 5.32 Å². The van der Waals surface area contributed by atoms with E-state index in [-0.39, 0.29) is 6.04 Å². The Balaban J connectivity index is 2.15. The van der Waals surface area contributed by atoms with Crippen molar-refractivity contribution in [1.29, 1.82) is 0 Å². The van der Waals surface area contributed by atoms with Crippen molar-refractivity contribution in [3.8, 4) is 0 Å². The quantitative estimate of drug-likeness (QED) is 0.671. The molecule has 0 aliphatic rings. The van der Waals surface area contributed by atoms with Gasteiger partial charge in [0, 0.05) is 6.04 Å². The molecule has 1 N–H and O–H groups in total. The number of hydrogen-bond acceptors (Lipinski definition) is 1. The van der Waals surface area contributed by atoms with Crippen LogP contribution in [0.25, 0.3) is 0 Å². The normalized spacial score (nSPS) is 12.5. The van der Waals surface area contributed by atoms with Gasteiger partial charge in [-0.25, -0.2) is 0 Å². The highest BCUT2D eigenvalue weighted by atomic mass is 79.9. The molecule has 3 heteroatoms. The maximum Gasteiger partial charge on any atom is 0.0593 e. The topological polar surface area (TPSA) is 12.0 Å². The minimum atomic E-state index is 0.228. The molecule has 0 radical (unpaired) electrons. The van der Waals surface area contributed by atoms with E-state index in [1.165, 1.54) is 11.1 Å². The fraction of sp³-hybridized carbons (Fsp3) is 0.294. The Hall–Kier alpha value is -0.990. The van der Waals surface area contributed by atoms with Crippen LogP contribution in [0.5, 0.6) is 0 Å². The molecule has 2 rings (SSSR count). The van der Waals surface area contributed by atoms with E-state index in [1.54, 1.807) is 0 Å². The first-order valence-electron chi connectivity index (χ1n) is 6.79. The van der Waals surface area contributed by atoms with E-state index < -0.39 is 0 Å². The van der Waals surface area contributed by atoms with Crippen LogP contribution in [0.3, 0.4) is 0 Å². The molecule has 0 spiro atoms. The van der Waals surface area contributed by atoms with Crippen molar-refractivity contribution in [3.63, 3.8) is 0 Å². The molecule has 0 aliphatic heterocycles. The van der Waals surface area contributed by atoms with Crippen LogP contribution in [0, 0.1) is 0 Å². The monoisotopic (exact) mass is 351 g/mol.